The molecule has 0 aromatic heterocycles. The van der Waals surface area contributed by atoms with Crippen molar-refractivity contribution < 1.29 is 28.6 Å². The first-order valence-corrected chi connectivity index (χ1v) is 9.59. The van der Waals surface area contributed by atoms with Gasteiger partial charge in [0.25, 0.3) is 0 Å². The second-order valence-corrected chi connectivity index (χ2v) is 7.71. The van der Waals surface area contributed by atoms with Crippen molar-refractivity contribution in [2.75, 3.05) is 13.2 Å². The zero-order chi connectivity index (χ0) is 20.7. The third-order valence-electron chi connectivity index (χ3n) is 4.31. The summed E-state index contributed by atoms with van der Waals surface area (Å²) >= 11 is 0. The van der Waals surface area contributed by atoms with Crippen molar-refractivity contribution in [1.82, 2.24) is 4.90 Å². The van der Waals surface area contributed by atoms with Crippen LogP contribution in [0.3, 0.4) is 0 Å². The van der Waals surface area contributed by atoms with E-state index in [1.165, 1.54) is 4.90 Å². The molecule has 2 unspecified atom stereocenters. The lowest BCUT2D eigenvalue weighted by molar-refractivity contribution is -0.165. The fraction of sp³-hybridized carbons (Fsp3) is 0.571. The second-order valence-electron chi connectivity index (χ2n) is 7.71. The average molecular weight is 391 g/mol. The number of hydrogen-bond acceptors (Lipinski definition) is 6. The van der Waals surface area contributed by atoms with Gasteiger partial charge in [-0.25, -0.2) is 9.59 Å². The minimum atomic E-state index is -1.06. The van der Waals surface area contributed by atoms with E-state index in [2.05, 4.69) is 0 Å². The molecule has 0 spiro atoms. The molecule has 1 saturated heterocycles. The fourth-order valence-electron chi connectivity index (χ4n) is 3.12. The van der Waals surface area contributed by atoms with Crippen molar-refractivity contribution in [1.29, 1.82) is 0 Å². The fourth-order valence-corrected chi connectivity index (χ4v) is 3.12. The minimum Gasteiger partial charge on any atom is -0.466 e. The molecule has 1 aliphatic heterocycles. The molecule has 0 saturated carbocycles. The Hall–Kier alpha value is -2.57. The number of piperidine rings is 1. The van der Waals surface area contributed by atoms with Gasteiger partial charge in [-0.05, 0) is 46.1 Å². The third-order valence-corrected chi connectivity index (χ3v) is 4.31. The molecule has 1 amide bonds. The Morgan fingerprint density at radius 3 is 2.36 bits per heavy atom. The summed E-state index contributed by atoms with van der Waals surface area (Å²) in [5, 5.41) is 0. The van der Waals surface area contributed by atoms with Crippen LogP contribution in [0.15, 0.2) is 30.3 Å². The maximum Gasteiger partial charge on any atom is 0.411 e. The molecule has 154 valence electrons. The molecule has 2 atom stereocenters. The smallest absolute Gasteiger partial charge is 0.411 e. The highest BCUT2D eigenvalue weighted by atomic mass is 16.6. The molecule has 0 aliphatic carbocycles. The van der Waals surface area contributed by atoms with Gasteiger partial charge < -0.3 is 14.2 Å². The van der Waals surface area contributed by atoms with E-state index in [0.29, 0.717) is 19.4 Å². The molecule has 2 rings (SSSR count). The summed E-state index contributed by atoms with van der Waals surface area (Å²) in [5.74, 6) is -1.91. The summed E-state index contributed by atoms with van der Waals surface area (Å²) in [6, 6.07) is 8.17. The van der Waals surface area contributed by atoms with E-state index < -0.39 is 35.6 Å². The van der Waals surface area contributed by atoms with Gasteiger partial charge in [0.15, 0.2) is 0 Å². The van der Waals surface area contributed by atoms with Crippen molar-refractivity contribution in [3.05, 3.63) is 35.9 Å². The molecule has 1 aliphatic rings. The number of hydrogen-bond donors (Lipinski definition) is 0. The van der Waals surface area contributed by atoms with Crippen LogP contribution in [-0.4, -0.2) is 47.7 Å². The van der Waals surface area contributed by atoms with E-state index in [-0.39, 0.29) is 13.2 Å². The molecule has 28 heavy (non-hydrogen) atoms. The molecule has 1 fully saturated rings. The Labute approximate surface area is 165 Å². The number of carbonyl (C=O) groups is 3. The third kappa shape index (κ3) is 5.97. The predicted molar refractivity (Wildman–Crippen MR) is 102 cm³/mol. The van der Waals surface area contributed by atoms with Crippen LogP contribution in [0.4, 0.5) is 4.79 Å². The van der Waals surface area contributed by atoms with Gasteiger partial charge in [-0.15, -0.1) is 0 Å². The summed E-state index contributed by atoms with van der Waals surface area (Å²) in [4.78, 5) is 39.3. The molecule has 7 nitrogen and oxygen atoms in total. The lowest BCUT2D eigenvalue weighted by Crippen LogP contribution is -2.56. The number of carbonyl (C=O) groups excluding carboxylic acids is 3. The highest BCUT2D eigenvalue weighted by molar-refractivity contribution is 5.88. The van der Waals surface area contributed by atoms with Crippen LogP contribution in [0.1, 0.15) is 46.1 Å². The lowest BCUT2D eigenvalue weighted by Gasteiger charge is -2.38. The van der Waals surface area contributed by atoms with Crippen LogP contribution < -0.4 is 0 Å². The molecular weight excluding hydrogens is 362 g/mol. The van der Waals surface area contributed by atoms with Crippen LogP contribution in [0, 0.1) is 5.92 Å². The first-order valence-electron chi connectivity index (χ1n) is 9.59. The first-order chi connectivity index (χ1) is 13.2. The van der Waals surface area contributed by atoms with Crippen LogP contribution in [0.25, 0.3) is 0 Å². The molecule has 1 aromatic rings. The Balaban J connectivity index is 2.20. The lowest BCUT2D eigenvalue weighted by atomic mass is 9.89. The zero-order valence-corrected chi connectivity index (χ0v) is 17.0. The molecule has 0 N–H and O–H groups in total. The monoisotopic (exact) mass is 391 g/mol. The number of esters is 2. The Kier molecular flexibility index (Phi) is 7.43. The summed E-state index contributed by atoms with van der Waals surface area (Å²) in [6.45, 7) is 7.54. The molecule has 0 radical (unpaired) electrons. The van der Waals surface area contributed by atoms with Crippen LogP contribution in [0.5, 0.6) is 0 Å². The zero-order valence-electron chi connectivity index (χ0n) is 17.0. The van der Waals surface area contributed by atoms with Gasteiger partial charge >= 0.3 is 18.0 Å². The largest absolute Gasteiger partial charge is 0.466 e. The number of rotatable bonds is 5. The molecular formula is C21H29NO6. The Morgan fingerprint density at radius 1 is 1.07 bits per heavy atom. The first kappa shape index (κ1) is 21.7. The van der Waals surface area contributed by atoms with Gasteiger partial charge in [0.2, 0.25) is 0 Å². The molecule has 1 aromatic carbocycles. The summed E-state index contributed by atoms with van der Waals surface area (Å²) in [5.41, 5.74) is 0.107. The SMILES string of the molecule is CCOC(=O)C1CCCN(C(=O)OC(C)(C)C)C1C(=O)OCc1ccccc1. The van der Waals surface area contributed by atoms with Gasteiger partial charge in [0.05, 0.1) is 12.5 Å². The highest BCUT2D eigenvalue weighted by Crippen LogP contribution is 2.28. The number of likely N-dealkylation sites (tertiary alicyclic amines) is 1. The molecule has 1 heterocycles. The van der Waals surface area contributed by atoms with Crippen LogP contribution >= 0.6 is 0 Å². The summed E-state index contributed by atoms with van der Waals surface area (Å²) in [7, 11) is 0. The average Bonchev–Trinajstić information content (AvgIpc) is 2.65. The van der Waals surface area contributed by atoms with E-state index in [9.17, 15) is 14.4 Å². The van der Waals surface area contributed by atoms with Crippen molar-refractivity contribution in [3.8, 4) is 0 Å². The summed E-state index contributed by atoms with van der Waals surface area (Å²) < 4.78 is 16.0. The maximum absolute atomic E-state index is 12.9. The van der Waals surface area contributed by atoms with Gasteiger partial charge in [0.1, 0.15) is 18.2 Å². The van der Waals surface area contributed by atoms with Crippen LogP contribution in [-0.2, 0) is 30.4 Å². The molecule has 7 heteroatoms. The maximum atomic E-state index is 12.9. The quantitative estimate of drug-likeness (QED) is 0.566. The number of nitrogens with zero attached hydrogens (tertiary/aromatic N) is 1. The van der Waals surface area contributed by atoms with Crippen molar-refractivity contribution >= 4 is 18.0 Å². The second kappa shape index (κ2) is 9.57. The number of ether oxygens (including phenoxy) is 3. The topological polar surface area (TPSA) is 82.1 Å². The van der Waals surface area contributed by atoms with Crippen molar-refractivity contribution in [2.45, 2.75) is 58.8 Å². The van der Waals surface area contributed by atoms with E-state index in [1.807, 2.05) is 30.3 Å². The van der Waals surface area contributed by atoms with E-state index in [0.717, 1.165) is 5.56 Å². The van der Waals surface area contributed by atoms with E-state index in [4.69, 9.17) is 14.2 Å². The van der Waals surface area contributed by atoms with Crippen molar-refractivity contribution in [2.24, 2.45) is 5.92 Å². The Morgan fingerprint density at radius 2 is 1.75 bits per heavy atom. The van der Waals surface area contributed by atoms with Crippen LogP contribution in [0.2, 0.25) is 0 Å². The van der Waals surface area contributed by atoms with Crippen molar-refractivity contribution in [3.63, 3.8) is 0 Å². The number of benzene rings is 1. The minimum absolute atomic E-state index is 0.0634. The van der Waals surface area contributed by atoms with Gasteiger partial charge in [0, 0.05) is 6.54 Å². The predicted octanol–water partition coefficient (Wildman–Crippen LogP) is 3.31. The van der Waals surface area contributed by atoms with Gasteiger partial charge in [-0.3, -0.25) is 9.69 Å². The Bertz CT molecular complexity index is 682. The molecule has 0 bridgehead atoms. The van der Waals surface area contributed by atoms with Gasteiger partial charge in [-0.2, -0.15) is 0 Å². The normalized spacial score (nSPS) is 19.6. The highest BCUT2D eigenvalue weighted by Gasteiger charge is 2.46. The standard InChI is InChI=1S/C21H29NO6/c1-5-26-18(23)16-12-9-13-22(20(25)28-21(2,3)4)17(16)19(24)27-14-15-10-7-6-8-11-15/h6-8,10-11,16-17H,5,9,12-14H2,1-4H3. The summed E-state index contributed by atoms with van der Waals surface area (Å²) in [6.07, 6.45) is 0.386. The number of amides is 1. The van der Waals surface area contributed by atoms with Gasteiger partial charge in [-0.1, -0.05) is 30.3 Å². The van der Waals surface area contributed by atoms with E-state index in [1.54, 1.807) is 27.7 Å². The van der Waals surface area contributed by atoms with E-state index >= 15 is 0 Å².